The lowest BCUT2D eigenvalue weighted by Gasteiger charge is -2.56. The molecule has 25 heavy (non-hydrogen) atoms. The van der Waals surface area contributed by atoms with Gasteiger partial charge in [-0.25, -0.2) is 0 Å². The van der Waals surface area contributed by atoms with Crippen LogP contribution in [0.15, 0.2) is 0 Å². The van der Waals surface area contributed by atoms with Crippen molar-refractivity contribution < 1.29 is 28.6 Å². The van der Waals surface area contributed by atoms with Crippen molar-refractivity contribution in [3.05, 3.63) is 0 Å². The number of carbonyl (C=O) groups excluding carboxylic acids is 3. The Balaban J connectivity index is 1.97. The van der Waals surface area contributed by atoms with Crippen molar-refractivity contribution in [3.8, 4) is 0 Å². The van der Waals surface area contributed by atoms with Crippen molar-refractivity contribution in [3.63, 3.8) is 0 Å². The first kappa shape index (κ1) is 18.2. The Morgan fingerprint density at radius 1 is 1.16 bits per heavy atom. The minimum Gasteiger partial charge on any atom is -0.462 e. The number of ether oxygens (including phenoxy) is 3. The Bertz CT molecular complexity index is 586. The van der Waals surface area contributed by atoms with Crippen LogP contribution in [0.3, 0.4) is 0 Å². The van der Waals surface area contributed by atoms with Crippen LogP contribution in [0, 0.1) is 29.1 Å². The summed E-state index contributed by atoms with van der Waals surface area (Å²) in [5.74, 6) is -1.18. The highest BCUT2D eigenvalue weighted by Crippen LogP contribution is 2.58. The predicted octanol–water partition coefficient (Wildman–Crippen LogP) is 2.48. The minimum absolute atomic E-state index is 0.0349. The molecule has 1 heterocycles. The normalized spacial score (nSPS) is 45.8. The third kappa shape index (κ3) is 3.04. The average Bonchev–Trinajstić information content (AvgIpc) is 2.75. The van der Waals surface area contributed by atoms with Crippen molar-refractivity contribution in [2.45, 2.75) is 72.2 Å². The summed E-state index contributed by atoms with van der Waals surface area (Å²) in [6.45, 7) is 8.92. The van der Waals surface area contributed by atoms with E-state index in [1.807, 2.05) is 6.92 Å². The lowest BCUT2D eigenvalue weighted by molar-refractivity contribution is -0.198. The third-order valence-electron chi connectivity index (χ3n) is 6.62. The van der Waals surface area contributed by atoms with Crippen LogP contribution in [-0.2, 0) is 28.6 Å². The van der Waals surface area contributed by atoms with Crippen LogP contribution in [0.2, 0.25) is 0 Å². The van der Waals surface area contributed by atoms with Crippen molar-refractivity contribution in [1.29, 1.82) is 0 Å². The molecule has 2 saturated carbocycles. The van der Waals surface area contributed by atoms with E-state index in [-0.39, 0.29) is 59.2 Å². The molecule has 140 valence electrons. The molecule has 1 saturated heterocycles. The second-order valence-electron chi connectivity index (χ2n) is 8.35. The Morgan fingerprint density at radius 2 is 1.80 bits per heavy atom. The van der Waals surface area contributed by atoms with Gasteiger partial charge < -0.3 is 14.2 Å². The van der Waals surface area contributed by atoms with E-state index in [2.05, 4.69) is 13.8 Å². The fraction of sp³-hybridized carbons (Fsp3) is 0.842. The van der Waals surface area contributed by atoms with Crippen molar-refractivity contribution in [1.82, 2.24) is 0 Å². The summed E-state index contributed by atoms with van der Waals surface area (Å²) in [7, 11) is 0. The molecule has 0 amide bonds. The molecular weight excluding hydrogens is 324 g/mol. The Hall–Kier alpha value is -1.59. The van der Waals surface area contributed by atoms with E-state index in [1.54, 1.807) is 0 Å². The van der Waals surface area contributed by atoms with Crippen LogP contribution >= 0.6 is 0 Å². The second kappa shape index (κ2) is 6.29. The van der Waals surface area contributed by atoms with Gasteiger partial charge in [-0.05, 0) is 30.6 Å². The van der Waals surface area contributed by atoms with Crippen molar-refractivity contribution >= 4 is 17.9 Å². The van der Waals surface area contributed by atoms with Gasteiger partial charge in [0.15, 0.2) is 0 Å². The molecule has 0 aromatic carbocycles. The van der Waals surface area contributed by atoms with Crippen LogP contribution in [0.5, 0.6) is 0 Å². The van der Waals surface area contributed by atoms with Crippen LogP contribution in [0.4, 0.5) is 0 Å². The maximum absolute atomic E-state index is 12.1. The van der Waals surface area contributed by atoms with E-state index in [0.29, 0.717) is 0 Å². The van der Waals surface area contributed by atoms with Gasteiger partial charge in [-0.1, -0.05) is 20.8 Å². The van der Waals surface area contributed by atoms with E-state index < -0.39 is 6.10 Å². The standard InChI is InChI=1S/C19H28O6/c1-9-13(23-11(3)20)6-7-19(5)8-14-15(10(2)18(22)25-14)17(16(9)19)24-12(4)21/h9-10,13-17H,6-8H2,1-5H3/t9-,10+,13-,14-,15+,16+,17-,19+/m0/s1. The molecule has 3 aliphatic rings. The molecule has 3 rings (SSSR count). The predicted molar refractivity (Wildman–Crippen MR) is 88.3 cm³/mol. The van der Waals surface area contributed by atoms with E-state index in [1.165, 1.54) is 13.8 Å². The van der Waals surface area contributed by atoms with Gasteiger partial charge in [0, 0.05) is 25.7 Å². The van der Waals surface area contributed by atoms with Crippen molar-refractivity contribution in [2.24, 2.45) is 29.1 Å². The highest BCUT2D eigenvalue weighted by molar-refractivity contribution is 5.75. The highest BCUT2D eigenvalue weighted by Gasteiger charge is 2.62. The fourth-order valence-corrected chi connectivity index (χ4v) is 5.61. The van der Waals surface area contributed by atoms with E-state index in [9.17, 15) is 14.4 Å². The van der Waals surface area contributed by atoms with Gasteiger partial charge >= 0.3 is 17.9 Å². The van der Waals surface area contributed by atoms with Gasteiger partial charge in [0.1, 0.15) is 18.3 Å². The molecule has 0 aromatic heterocycles. The molecule has 0 bridgehead atoms. The zero-order chi connectivity index (χ0) is 18.5. The summed E-state index contributed by atoms with van der Waals surface area (Å²) in [5, 5.41) is 0. The van der Waals surface area contributed by atoms with E-state index >= 15 is 0 Å². The molecule has 6 nitrogen and oxygen atoms in total. The average molecular weight is 352 g/mol. The van der Waals surface area contributed by atoms with Gasteiger partial charge in [-0.3, -0.25) is 14.4 Å². The number of rotatable bonds is 2. The zero-order valence-electron chi connectivity index (χ0n) is 15.6. The van der Waals surface area contributed by atoms with Gasteiger partial charge in [-0.2, -0.15) is 0 Å². The number of hydrogen-bond acceptors (Lipinski definition) is 6. The molecule has 0 unspecified atom stereocenters. The lowest BCUT2D eigenvalue weighted by atomic mass is 9.51. The molecule has 3 fully saturated rings. The van der Waals surface area contributed by atoms with Crippen LogP contribution < -0.4 is 0 Å². The van der Waals surface area contributed by atoms with Gasteiger partial charge in [-0.15, -0.1) is 0 Å². The zero-order valence-corrected chi connectivity index (χ0v) is 15.6. The molecule has 1 aliphatic heterocycles. The maximum atomic E-state index is 12.1. The molecular formula is C19H28O6. The molecule has 8 atom stereocenters. The second-order valence-corrected chi connectivity index (χ2v) is 8.35. The summed E-state index contributed by atoms with van der Waals surface area (Å²) < 4.78 is 16.9. The minimum atomic E-state index is -0.393. The molecule has 0 aromatic rings. The van der Waals surface area contributed by atoms with Crippen molar-refractivity contribution in [2.75, 3.05) is 0 Å². The van der Waals surface area contributed by atoms with Crippen LogP contribution in [0.1, 0.15) is 53.9 Å². The van der Waals surface area contributed by atoms with E-state index in [0.717, 1.165) is 19.3 Å². The summed E-state index contributed by atoms with van der Waals surface area (Å²) >= 11 is 0. The summed E-state index contributed by atoms with van der Waals surface area (Å²) in [5.41, 5.74) is -0.109. The number of carbonyl (C=O) groups is 3. The Morgan fingerprint density at radius 3 is 2.40 bits per heavy atom. The fourth-order valence-electron chi connectivity index (χ4n) is 5.61. The highest BCUT2D eigenvalue weighted by atomic mass is 16.6. The SMILES string of the molecule is CC(=O)O[C@H]1[C@H]2[C@H](C[C@@]3(C)CC[C@H](OC(C)=O)[C@H](C)[C@H]13)OC(=O)[C@@H]2C. The monoisotopic (exact) mass is 352 g/mol. The van der Waals surface area contributed by atoms with Gasteiger partial charge in [0.2, 0.25) is 0 Å². The van der Waals surface area contributed by atoms with E-state index in [4.69, 9.17) is 14.2 Å². The number of esters is 3. The first-order chi connectivity index (χ1) is 11.6. The summed E-state index contributed by atoms with van der Waals surface area (Å²) in [6, 6.07) is 0. The molecule has 6 heteroatoms. The number of fused-ring (bicyclic) bond motifs is 2. The van der Waals surface area contributed by atoms with Gasteiger partial charge in [0.25, 0.3) is 0 Å². The third-order valence-corrected chi connectivity index (χ3v) is 6.62. The first-order valence-electron chi connectivity index (χ1n) is 9.19. The maximum Gasteiger partial charge on any atom is 0.309 e. The van der Waals surface area contributed by atoms with Crippen LogP contribution in [0.25, 0.3) is 0 Å². The quantitative estimate of drug-likeness (QED) is 0.561. The first-order valence-corrected chi connectivity index (χ1v) is 9.19. The summed E-state index contributed by atoms with van der Waals surface area (Å²) in [4.78, 5) is 35.4. The van der Waals surface area contributed by atoms with Gasteiger partial charge in [0.05, 0.1) is 5.92 Å². The summed E-state index contributed by atoms with van der Waals surface area (Å²) in [6.07, 6.45) is 1.63. The van der Waals surface area contributed by atoms with Crippen LogP contribution in [-0.4, -0.2) is 36.2 Å². The smallest absolute Gasteiger partial charge is 0.309 e. The molecule has 0 spiro atoms. The lowest BCUT2D eigenvalue weighted by Crippen LogP contribution is -2.59. The number of hydrogen-bond donors (Lipinski definition) is 0. The molecule has 2 aliphatic carbocycles. The Labute approximate surface area is 148 Å². The topological polar surface area (TPSA) is 78.9 Å². The molecule has 0 N–H and O–H groups in total. The largest absolute Gasteiger partial charge is 0.462 e. The molecule has 0 radical (unpaired) electrons. The Kier molecular flexibility index (Phi) is 4.58.